The van der Waals surface area contributed by atoms with Gasteiger partial charge in [-0.15, -0.1) is 0 Å². The van der Waals surface area contributed by atoms with Gasteiger partial charge in [0.1, 0.15) is 11.7 Å². The number of esters is 1. The first-order valence-electron chi connectivity index (χ1n) is 6.43. The predicted molar refractivity (Wildman–Crippen MR) is 68.4 cm³/mol. The van der Waals surface area contributed by atoms with E-state index < -0.39 is 22.9 Å². The lowest BCUT2D eigenvalue weighted by atomic mass is 10.2. The molecule has 22 heavy (non-hydrogen) atoms. The molecule has 0 saturated heterocycles. The summed E-state index contributed by atoms with van der Waals surface area (Å²) in [5.41, 5.74) is 0.530. The van der Waals surface area contributed by atoms with E-state index in [1.165, 1.54) is 24.3 Å². The van der Waals surface area contributed by atoms with E-state index in [-0.39, 0.29) is 30.6 Å². The zero-order valence-electron chi connectivity index (χ0n) is 11.1. The van der Waals surface area contributed by atoms with Crippen LogP contribution in [0.1, 0.15) is 12.2 Å². The van der Waals surface area contributed by atoms with Crippen molar-refractivity contribution in [2.24, 2.45) is 5.92 Å². The Morgan fingerprint density at radius 1 is 1.45 bits per heavy atom. The summed E-state index contributed by atoms with van der Waals surface area (Å²) in [5, 5.41) is 14.1. The summed E-state index contributed by atoms with van der Waals surface area (Å²) < 4.78 is 22.7. The fraction of sp³-hybridized carbons (Fsp3) is 0.308. The fourth-order valence-corrected chi connectivity index (χ4v) is 1.93. The Morgan fingerprint density at radius 3 is 2.82 bits per heavy atom. The lowest BCUT2D eigenvalue weighted by Crippen LogP contribution is -2.13. The smallest absolute Gasteiger partial charge is 0.316 e. The molecule has 1 aromatic carbocycles. The van der Waals surface area contributed by atoms with Crippen LogP contribution in [-0.2, 0) is 16.1 Å². The van der Waals surface area contributed by atoms with E-state index >= 15 is 0 Å². The van der Waals surface area contributed by atoms with Crippen LogP contribution < -0.4 is 0 Å². The van der Waals surface area contributed by atoms with E-state index in [4.69, 9.17) is 9.26 Å². The largest absolute Gasteiger partial charge is 0.457 e. The number of aromatic nitrogens is 2. The Bertz CT molecular complexity index is 715. The van der Waals surface area contributed by atoms with E-state index in [1.54, 1.807) is 0 Å². The number of halogens is 1. The molecule has 2 unspecified atom stereocenters. The number of rotatable bonds is 5. The molecule has 1 heterocycles. The molecule has 0 radical (unpaired) electrons. The minimum Gasteiger partial charge on any atom is -0.457 e. The molecule has 1 aromatic heterocycles. The number of ether oxygens (including phenoxy) is 1. The molecule has 0 bridgehead atoms. The number of benzene rings is 1. The average Bonchev–Trinajstić information content (AvgIpc) is 3.18. The molecule has 1 aliphatic rings. The molecule has 1 aliphatic carbocycles. The molecular weight excluding hydrogens is 297 g/mol. The standard InChI is InChI=1S/C13H10FN3O5/c14-8-3-1-7(2-4-8)12-15-11(16-22-12)6-21-13(18)9-5-10(9)17(19)20/h1-4,9-10H,5-6H2. The highest BCUT2D eigenvalue weighted by atomic mass is 19.1. The minimum absolute atomic E-state index is 0.131. The van der Waals surface area contributed by atoms with Crippen LogP contribution in [0.15, 0.2) is 28.8 Å². The van der Waals surface area contributed by atoms with E-state index in [0.717, 1.165) is 0 Å². The molecule has 8 nitrogen and oxygen atoms in total. The highest BCUT2D eigenvalue weighted by Crippen LogP contribution is 2.34. The second-order valence-corrected chi connectivity index (χ2v) is 4.83. The Labute approximate surface area is 123 Å². The molecule has 0 aliphatic heterocycles. The van der Waals surface area contributed by atoms with Crippen molar-refractivity contribution in [1.82, 2.24) is 10.1 Å². The number of hydrogen-bond acceptors (Lipinski definition) is 7. The fourth-order valence-electron chi connectivity index (χ4n) is 1.93. The summed E-state index contributed by atoms with van der Waals surface area (Å²) in [5.74, 6) is -1.43. The summed E-state index contributed by atoms with van der Waals surface area (Å²) in [6, 6.07) is 4.61. The molecule has 9 heteroatoms. The van der Waals surface area contributed by atoms with Gasteiger partial charge in [0.2, 0.25) is 11.9 Å². The summed E-state index contributed by atoms with van der Waals surface area (Å²) in [4.78, 5) is 25.5. The number of carbonyl (C=O) groups excluding carboxylic acids is 1. The van der Waals surface area contributed by atoms with Gasteiger partial charge in [0.15, 0.2) is 6.61 Å². The highest BCUT2D eigenvalue weighted by molar-refractivity contribution is 5.76. The quantitative estimate of drug-likeness (QED) is 0.468. The van der Waals surface area contributed by atoms with Crippen LogP contribution in [0.3, 0.4) is 0 Å². The van der Waals surface area contributed by atoms with Crippen molar-refractivity contribution in [3.63, 3.8) is 0 Å². The first-order valence-corrected chi connectivity index (χ1v) is 6.43. The van der Waals surface area contributed by atoms with Gasteiger partial charge in [-0.3, -0.25) is 14.9 Å². The minimum atomic E-state index is -0.854. The third kappa shape index (κ3) is 2.92. The van der Waals surface area contributed by atoms with Crippen molar-refractivity contribution >= 4 is 5.97 Å². The van der Waals surface area contributed by atoms with E-state index in [2.05, 4.69) is 10.1 Å². The summed E-state index contributed by atoms with van der Waals surface area (Å²) in [7, 11) is 0. The van der Waals surface area contributed by atoms with Crippen molar-refractivity contribution in [1.29, 1.82) is 0 Å². The van der Waals surface area contributed by atoms with Gasteiger partial charge >= 0.3 is 5.97 Å². The summed E-state index contributed by atoms with van der Waals surface area (Å²) in [6.07, 6.45) is 0.193. The predicted octanol–water partition coefficient (Wildman–Crippen LogP) is 1.58. The molecule has 0 spiro atoms. The third-order valence-electron chi connectivity index (χ3n) is 3.23. The molecule has 2 aromatic rings. The van der Waals surface area contributed by atoms with E-state index in [1.807, 2.05) is 0 Å². The monoisotopic (exact) mass is 307 g/mol. The van der Waals surface area contributed by atoms with Crippen LogP contribution in [0, 0.1) is 21.8 Å². The lowest BCUT2D eigenvalue weighted by Gasteiger charge is -1.98. The maximum absolute atomic E-state index is 12.8. The Kier molecular flexibility index (Phi) is 3.53. The van der Waals surface area contributed by atoms with Gasteiger partial charge in [-0.2, -0.15) is 4.98 Å². The van der Waals surface area contributed by atoms with Crippen molar-refractivity contribution in [2.45, 2.75) is 19.1 Å². The lowest BCUT2D eigenvalue weighted by molar-refractivity contribution is -0.497. The SMILES string of the molecule is O=C(OCc1noc(-c2ccc(F)cc2)n1)C1CC1[N+](=O)[O-]. The topological polar surface area (TPSA) is 108 Å². The van der Waals surface area contributed by atoms with Gasteiger partial charge in [-0.25, -0.2) is 4.39 Å². The van der Waals surface area contributed by atoms with Crippen LogP contribution in [-0.4, -0.2) is 27.1 Å². The Balaban J connectivity index is 1.57. The second-order valence-electron chi connectivity index (χ2n) is 4.83. The summed E-state index contributed by atoms with van der Waals surface area (Å²) >= 11 is 0. The summed E-state index contributed by atoms with van der Waals surface area (Å²) in [6.45, 7) is -0.232. The van der Waals surface area contributed by atoms with Gasteiger partial charge in [0.05, 0.1) is 0 Å². The third-order valence-corrected chi connectivity index (χ3v) is 3.23. The van der Waals surface area contributed by atoms with Crippen molar-refractivity contribution in [3.8, 4) is 11.5 Å². The van der Waals surface area contributed by atoms with Crippen molar-refractivity contribution in [2.75, 3.05) is 0 Å². The first-order chi connectivity index (χ1) is 10.5. The molecule has 2 atom stereocenters. The van der Waals surface area contributed by atoms with Crippen LogP contribution >= 0.6 is 0 Å². The van der Waals surface area contributed by atoms with Gasteiger partial charge < -0.3 is 9.26 Å². The zero-order chi connectivity index (χ0) is 15.7. The molecule has 1 fully saturated rings. The van der Waals surface area contributed by atoms with Crippen LogP contribution in [0.25, 0.3) is 11.5 Å². The normalized spacial score (nSPS) is 19.7. The van der Waals surface area contributed by atoms with E-state index in [9.17, 15) is 19.3 Å². The van der Waals surface area contributed by atoms with E-state index in [0.29, 0.717) is 5.56 Å². The van der Waals surface area contributed by atoms with Crippen LogP contribution in [0.2, 0.25) is 0 Å². The van der Waals surface area contributed by atoms with Crippen molar-refractivity contribution in [3.05, 3.63) is 46.0 Å². The molecule has 114 valence electrons. The van der Waals surface area contributed by atoms with Crippen LogP contribution in [0.4, 0.5) is 4.39 Å². The number of nitrogens with zero attached hydrogens (tertiary/aromatic N) is 3. The number of carbonyl (C=O) groups is 1. The van der Waals surface area contributed by atoms with Crippen molar-refractivity contribution < 1.29 is 23.4 Å². The van der Waals surface area contributed by atoms with Gasteiger partial charge in [0.25, 0.3) is 5.89 Å². The maximum Gasteiger partial charge on any atom is 0.316 e. The molecule has 0 N–H and O–H groups in total. The Hall–Kier alpha value is -2.84. The second kappa shape index (κ2) is 5.51. The van der Waals surface area contributed by atoms with Crippen LogP contribution in [0.5, 0.6) is 0 Å². The average molecular weight is 307 g/mol. The maximum atomic E-state index is 12.8. The number of nitro groups is 1. The van der Waals surface area contributed by atoms with Gasteiger partial charge in [0, 0.05) is 16.9 Å². The molecule has 3 rings (SSSR count). The van der Waals surface area contributed by atoms with Gasteiger partial charge in [-0.05, 0) is 24.3 Å². The molecular formula is C13H10FN3O5. The van der Waals surface area contributed by atoms with Gasteiger partial charge in [-0.1, -0.05) is 5.16 Å². The number of hydrogen-bond donors (Lipinski definition) is 0. The highest BCUT2D eigenvalue weighted by Gasteiger charge is 2.54. The Morgan fingerprint density at radius 2 is 2.18 bits per heavy atom. The molecule has 0 amide bonds. The molecule has 1 saturated carbocycles. The zero-order valence-corrected chi connectivity index (χ0v) is 11.1. The first kappa shape index (κ1) is 14.1.